The van der Waals surface area contributed by atoms with Gasteiger partial charge in [-0.25, -0.2) is 4.98 Å². The largest absolute Gasteiger partial charge is 0.371 e. The molecule has 0 aliphatic carbocycles. The number of aromatic nitrogens is 1. The number of anilines is 2. The third-order valence-electron chi connectivity index (χ3n) is 5.11. The standard InChI is InChI=1S/C19H25N3/c1-15-7-6-12-22(14-15)18-13-19(21-10-4-5-11-21)20-17-9-3-2-8-16(17)18/h2-3,8-9,13,15H,4-7,10-12,14H2,1H3. The zero-order valence-corrected chi connectivity index (χ0v) is 13.5. The molecule has 1 aromatic carbocycles. The summed E-state index contributed by atoms with van der Waals surface area (Å²) < 4.78 is 0. The molecule has 0 saturated carbocycles. The van der Waals surface area contributed by atoms with Gasteiger partial charge in [0.15, 0.2) is 0 Å². The van der Waals surface area contributed by atoms with E-state index in [1.807, 2.05) is 0 Å². The highest BCUT2D eigenvalue weighted by atomic mass is 15.2. The molecule has 0 spiro atoms. The van der Waals surface area contributed by atoms with Gasteiger partial charge in [0.1, 0.15) is 5.82 Å². The van der Waals surface area contributed by atoms with Crippen LogP contribution in [-0.2, 0) is 0 Å². The lowest BCUT2D eigenvalue weighted by molar-refractivity contribution is 0.447. The second kappa shape index (κ2) is 5.79. The van der Waals surface area contributed by atoms with Gasteiger partial charge in [-0.05, 0) is 37.7 Å². The number of benzene rings is 1. The molecule has 1 aromatic heterocycles. The van der Waals surface area contributed by atoms with Crippen LogP contribution in [0.5, 0.6) is 0 Å². The molecule has 0 N–H and O–H groups in total. The minimum atomic E-state index is 0.788. The molecule has 3 heteroatoms. The third kappa shape index (κ3) is 2.53. The van der Waals surface area contributed by atoms with E-state index in [0.29, 0.717) is 0 Å². The normalized spacial score (nSPS) is 22.5. The van der Waals surface area contributed by atoms with Gasteiger partial charge in [-0.3, -0.25) is 0 Å². The summed E-state index contributed by atoms with van der Waals surface area (Å²) in [5.74, 6) is 1.96. The van der Waals surface area contributed by atoms with E-state index in [0.717, 1.165) is 24.5 Å². The number of nitrogens with zero attached hydrogens (tertiary/aromatic N) is 3. The molecule has 2 aliphatic rings. The number of fused-ring (bicyclic) bond motifs is 1. The molecular formula is C19H25N3. The summed E-state index contributed by atoms with van der Waals surface area (Å²) >= 11 is 0. The minimum Gasteiger partial charge on any atom is -0.371 e. The molecule has 2 aliphatic heterocycles. The first kappa shape index (κ1) is 13.9. The molecule has 1 atom stereocenters. The third-order valence-corrected chi connectivity index (χ3v) is 5.11. The van der Waals surface area contributed by atoms with Crippen LogP contribution < -0.4 is 9.80 Å². The van der Waals surface area contributed by atoms with Gasteiger partial charge >= 0.3 is 0 Å². The van der Waals surface area contributed by atoms with E-state index in [2.05, 4.69) is 47.1 Å². The summed E-state index contributed by atoms with van der Waals surface area (Å²) in [6.07, 6.45) is 5.25. The molecule has 4 rings (SSSR count). The van der Waals surface area contributed by atoms with E-state index in [1.54, 1.807) is 0 Å². The first-order chi connectivity index (χ1) is 10.8. The van der Waals surface area contributed by atoms with Crippen molar-refractivity contribution in [3.05, 3.63) is 30.3 Å². The van der Waals surface area contributed by atoms with Crippen LogP contribution in [-0.4, -0.2) is 31.2 Å². The second-order valence-electron chi connectivity index (χ2n) is 6.90. The van der Waals surface area contributed by atoms with Crippen molar-refractivity contribution in [2.24, 2.45) is 5.92 Å². The van der Waals surface area contributed by atoms with Gasteiger partial charge in [-0.15, -0.1) is 0 Å². The van der Waals surface area contributed by atoms with Crippen molar-refractivity contribution in [1.29, 1.82) is 0 Å². The van der Waals surface area contributed by atoms with E-state index in [1.165, 1.54) is 55.7 Å². The van der Waals surface area contributed by atoms with Crippen LogP contribution in [0.3, 0.4) is 0 Å². The predicted molar refractivity (Wildman–Crippen MR) is 93.8 cm³/mol. The van der Waals surface area contributed by atoms with E-state index in [9.17, 15) is 0 Å². The minimum absolute atomic E-state index is 0.788. The summed E-state index contributed by atoms with van der Waals surface area (Å²) in [5, 5.41) is 1.31. The van der Waals surface area contributed by atoms with Crippen LogP contribution in [0.25, 0.3) is 10.9 Å². The fraction of sp³-hybridized carbons (Fsp3) is 0.526. The Kier molecular flexibility index (Phi) is 3.65. The summed E-state index contributed by atoms with van der Waals surface area (Å²) in [4.78, 5) is 9.96. The Balaban J connectivity index is 1.80. The Morgan fingerprint density at radius 1 is 1.00 bits per heavy atom. The van der Waals surface area contributed by atoms with E-state index in [-0.39, 0.29) is 0 Å². The quantitative estimate of drug-likeness (QED) is 0.832. The SMILES string of the molecule is CC1CCCN(c2cc(N3CCCC3)nc3ccccc23)C1. The van der Waals surface area contributed by atoms with E-state index >= 15 is 0 Å². The van der Waals surface area contributed by atoms with Gasteiger partial charge in [0.05, 0.1) is 5.52 Å². The Bertz CT molecular complexity index is 661. The molecule has 0 bridgehead atoms. The Hall–Kier alpha value is -1.77. The lowest BCUT2D eigenvalue weighted by Gasteiger charge is -2.34. The number of hydrogen-bond acceptors (Lipinski definition) is 3. The van der Waals surface area contributed by atoms with E-state index < -0.39 is 0 Å². The van der Waals surface area contributed by atoms with Crippen molar-refractivity contribution in [2.75, 3.05) is 36.0 Å². The van der Waals surface area contributed by atoms with Crippen LogP contribution in [0, 0.1) is 5.92 Å². The maximum Gasteiger partial charge on any atom is 0.131 e. The van der Waals surface area contributed by atoms with Crippen molar-refractivity contribution in [2.45, 2.75) is 32.6 Å². The predicted octanol–water partition coefficient (Wildman–Crippen LogP) is 4.07. The summed E-state index contributed by atoms with van der Waals surface area (Å²) in [6, 6.07) is 11.0. The zero-order valence-electron chi connectivity index (χ0n) is 13.5. The smallest absolute Gasteiger partial charge is 0.131 e. The first-order valence-electron chi connectivity index (χ1n) is 8.71. The molecule has 22 heavy (non-hydrogen) atoms. The average Bonchev–Trinajstić information content (AvgIpc) is 3.08. The van der Waals surface area contributed by atoms with Gasteiger partial charge in [0, 0.05) is 43.3 Å². The highest BCUT2D eigenvalue weighted by Crippen LogP contribution is 2.33. The number of hydrogen-bond donors (Lipinski definition) is 0. The van der Waals surface area contributed by atoms with Crippen LogP contribution in [0.15, 0.2) is 30.3 Å². The fourth-order valence-corrected chi connectivity index (χ4v) is 3.92. The van der Waals surface area contributed by atoms with Gasteiger partial charge < -0.3 is 9.80 Å². The summed E-state index contributed by atoms with van der Waals surface area (Å²) in [7, 11) is 0. The zero-order chi connectivity index (χ0) is 14.9. The lowest BCUT2D eigenvalue weighted by Crippen LogP contribution is -2.34. The summed E-state index contributed by atoms with van der Waals surface area (Å²) in [6.45, 7) is 7.03. The van der Waals surface area contributed by atoms with Gasteiger partial charge in [-0.2, -0.15) is 0 Å². The van der Waals surface area contributed by atoms with Gasteiger partial charge in [-0.1, -0.05) is 25.1 Å². The molecule has 3 heterocycles. The molecule has 0 amide bonds. The molecule has 2 fully saturated rings. The molecule has 2 aromatic rings. The Morgan fingerprint density at radius 2 is 1.77 bits per heavy atom. The number of para-hydroxylation sites is 1. The van der Waals surface area contributed by atoms with Gasteiger partial charge in [0.2, 0.25) is 0 Å². The van der Waals surface area contributed by atoms with Crippen molar-refractivity contribution in [3.8, 4) is 0 Å². The molecular weight excluding hydrogens is 270 g/mol. The van der Waals surface area contributed by atoms with Gasteiger partial charge in [0.25, 0.3) is 0 Å². The Labute approximate surface area is 132 Å². The molecule has 3 nitrogen and oxygen atoms in total. The number of piperidine rings is 1. The Morgan fingerprint density at radius 3 is 2.59 bits per heavy atom. The van der Waals surface area contributed by atoms with Crippen molar-refractivity contribution >= 4 is 22.4 Å². The van der Waals surface area contributed by atoms with Crippen molar-refractivity contribution < 1.29 is 0 Å². The highest BCUT2D eigenvalue weighted by Gasteiger charge is 2.21. The molecule has 116 valence electrons. The van der Waals surface area contributed by atoms with E-state index in [4.69, 9.17) is 4.98 Å². The fourth-order valence-electron chi connectivity index (χ4n) is 3.92. The van der Waals surface area contributed by atoms with Crippen LogP contribution in [0.4, 0.5) is 11.5 Å². The second-order valence-corrected chi connectivity index (χ2v) is 6.90. The molecule has 0 radical (unpaired) electrons. The maximum absolute atomic E-state index is 4.93. The van der Waals surface area contributed by atoms with Crippen LogP contribution in [0.1, 0.15) is 32.6 Å². The maximum atomic E-state index is 4.93. The van der Waals surface area contributed by atoms with Crippen molar-refractivity contribution in [3.63, 3.8) is 0 Å². The topological polar surface area (TPSA) is 19.4 Å². The van der Waals surface area contributed by atoms with Crippen molar-refractivity contribution in [1.82, 2.24) is 4.98 Å². The van der Waals surface area contributed by atoms with Crippen LogP contribution >= 0.6 is 0 Å². The number of pyridine rings is 1. The first-order valence-corrected chi connectivity index (χ1v) is 8.71. The number of rotatable bonds is 2. The molecule has 2 saturated heterocycles. The highest BCUT2D eigenvalue weighted by molar-refractivity contribution is 5.93. The lowest BCUT2D eigenvalue weighted by atomic mass is 9.99. The average molecular weight is 295 g/mol. The van der Waals surface area contributed by atoms with Crippen LogP contribution in [0.2, 0.25) is 0 Å². The monoisotopic (exact) mass is 295 g/mol. The summed E-state index contributed by atoms with van der Waals surface area (Å²) in [5.41, 5.74) is 2.53. The molecule has 1 unspecified atom stereocenters.